The highest BCUT2D eigenvalue weighted by atomic mass is 32.1. The molecule has 1 nitrogen and oxygen atoms in total. The van der Waals surface area contributed by atoms with Crippen LogP contribution >= 0.6 is 11.3 Å². The van der Waals surface area contributed by atoms with E-state index in [2.05, 4.69) is 5.32 Å². The summed E-state index contributed by atoms with van der Waals surface area (Å²) in [6.07, 6.45) is -4.53. The van der Waals surface area contributed by atoms with Crippen LogP contribution in [0.4, 0.5) is 23.2 Å². The van der Waals surface area contributed by atoms with Gasteiger partial charge in [0.05, 0.1) is 11.3 Å². The van der Waals surface area contributed by atoms with E-state index in [0.29, 0.717) is 12.6 Å². The molecule has 0 amide bonds. The van der Waals surface area contributed by atoms with Gasteiger partial charge in [0, 0.05) is 16.8 Å². The van der Waals surface area contributed by atoms with Gasteiger partial charge in [-0.25, -0.2) is 4.39 Å². The van der Waals surface area contributed by atoms with E-state index in [9.17, 15) is 17.6 Å². The van der Waals surface area contributed by atoms with Gasteiger partial charge in [-0.15, -0.1) is 11.3 Å². The molecule has 0 saturated heterocycles. The largest absolute Gasteiger partial charge is 0.416 e. The maximum atomic E-state index is 13.7. The van der Waals surface area contributed by atoms with Crippen molar-refractivity contribution in [1.29, 1.82) is 0 Å². The monoisotopic (exact) mass is 317 g/mol. The summed E-state index contributed by atoms with van der Waals surface area (Å²) in [6.45, 7) is 4.41. The summed E-state index contributed by atoms with van der Waals surface area (Å²) in [6, 6.07) is 6.43. The second-order valence-corrected chi connectivity index (χ2v) is 6.35. The van der Waals surface area contributed by atoms with Crippen LogP contribution in [0.1, 0.15) is 24.3 Å². The van der Waals surface area contributed by atoms with Crippen molar-refractivity contribution >= 4 is 17.0 Å². The molecular formula is C15H15F4NS. The number of anilines is 1. The first-order valence-corrected chi connectivity index (χ1v) is 7.23. The summed E-state index contributed by atoms with van der Waals surface area (Å²) in [5.41, 5.74) is -1.14. The molecule has 21 heavy (non-hydrogen) atoms. The molecule has 0 aliphatic carbocycles. The van der Waals surface area contributed by atoms with Gasteiger partial charge in [0.2, 0.25) is 0 Å². The molecule has 0 saturated carbocycles. The van der Waals surface area contributed by atoms with E-state index in [1.807, 2.05) is 31.4 Å². The van der Waals surface area contributed by atoms with Crippen LogP contribution in [0.5, 0.6) is 0 Å². The second-order valence-electron chi connectivity index (χ2n) is 5.41. The van der Waals surface area contributed by atoms with Gasteiger partial charge < -0.3 is 5.32 Å². The SMILES string of the molecule is CC(C)(CNc1ccc(C(F)(F)F)cc1F)c1cccs1. The van der Waals surface area contributed by atoms with Crippen LogP contribution in [0, 0.1) is 5.82 Å². The molecule has 1 heterocycles. The van der Waals surface area contributed by atoms with Gasteiger partial charge in [-0.2, -0.15) is 13.2 Å². The number of nitrogens with one attached hydrogen (secondary N) is 1. The molecule has 0 radical (unpaired) electrons. The van der Waals surface area contributed by atoms with Crippen molar-refractivity contribution in [2.45, 2.75) is 25.4 Å². The zero-order chi connectivity index (χ0) is 15.7. The van der Waals surface area contributed by atoms with E-state index in [0.717, 1.165) is 17.0 Å². The average Bonchev–Trinajstić information content (AvgIpc) is 2.90. The predicted molar refractivity (Wildman–Crippen MR) is 77.2 cm³/mol. The molecule has 0 aliphatic rings. The fraction of sp³-hybridized carbons (Fsp3) is 0.333. The van der Waals surface area contributed by atoms with Crippen LogP contribution in [0.25, 0.3) is 0 Å². The predicted octanol–water partition coefficient (Wildman–Crippen LogP) is 5.30. The topological polar surface area (TPSA) is 12.0 Å². The molecule has 114 valence electrons. The van der Waals surface area contributed by atoms with Crippen molar-refractivity contribution in [3.8, 4) is 0 Å². The van der Waals surface area contributed by atoms with Gasteiger partial charge in [-0.05, 0) is 29.6 Å². The Kier molecular flexibility index (Phi) is 4.27. The Balaban J connectivity index is 2.11. The van der Waals surface area contributed by atoms with Crippen molar-refractivity contribution < 1.29 is 17.6 Å². The van der Waals surface area contributed by atoms with E-state index in [1.54, 1.807) is 11.3 Å². The van der Waals surface area contributed by atoms with E-state index in [1.165, 1.54) is 0 Å². The quantitative estimate of drug-likeness (QED) is 0.755. The van der Waals surface area contributed by atoms with E-state index in [4.69, 9.17) is 0 Å². The zero-order valence-corrected chi connectivity index (χ0v) is 12.4. The number of alkyl halides is 3. The summed E-state index contributed by atoms with van der Waals surface area (Å²) >= 11 is 1.59. The fourth-order valence-corrected chi connectivity index (χ4v) is 2.75. The third-order valence-corrected chi connectivity index (χ3v) is 4.44. The Morgan fingerprint density at radius 3 is 2.38 bits per heavy atom. The molecule has 0 aliphatic heterocycles. The number of halogens is 4. The molecule has 0 unspecified atom stereocenters. The zero-order valence-electron chi connectivity index (χ0n) is 11.6. The molecule has 0 bridgehead atoms. The van der Waals surface area contributed by atoms with Crippen LogP contribution < -0.4 is 5.32 Å². The van der Waals surface area contributed by atoms with Crippen LogP contribution in [0.15, 0.2) is 35.7 Å². The van der Waals surface area contributed by atoms with Gasteiger partial charge in [0.15, 0.2) is 0 Å². The highest BCUT2D eigenvalue weighted by Gasteiger charge is 2.31. The van der Waals surface area contributed by atoms with Gasteiger partial charge in [0.1, 0.15) is 5.82 Å². The number of thiophene rings is 1. The molecule has 2 rings (SSSR count). The van der Waals surface area contributed by atoms with Gasteiger partial charge in [0.25, 0.3) is 0 Å². The van der Waals surface area contributed by atoms with Gasteiger partial charge in [-0.1, -0.05) is 19.9 Å². The molecule has 1 aromatic heterocycles. The Labute approximate surface area is 124 Å². The minimum atomic E-state index is -4.53. The highest BCUT2D eigenvalue weighted by molar-refractivity contribution is 7.10. The Hall–Kier alpha value is -1.56. The fourth-order valence-electron chi connectivity index (χ4n) is 1.90. The summed E-state index contributed by atoms with van der Waals surface area (Å²) in [5.74, 6) is -0.896. The van der Waals surface area contributed by atoms with Crippen molar-refractivity contribution in [2.75, 3.05) is 11.9 Å². The van der Waals surface area contributed by atoms with E-state index >= 15 is 0 Å². The molecule has 0 spiro atoms. The third-order valence-electron chi connectivity index (χ3n) is 3.21. The molecule has 1 aromatic carbocycles. The Morgan fingerprint density at radius 2 is 1.86 bits per heavy atom. The molecule has 1 N–H and O–H groups in total. The van der Waals surface area contributed by atoms with Crippen molar-refractivity contribution in [3.63, 3.8) is 0 Å². The lowest BCUT2D eigenvalue weighted by molar-refractivity contribution is -0.137. The normalized spacial score (nSPS) is 12.5. The van der Waals surface area contributed by atoms with Gasteiger partial charge in [-0.3, -0.25) is 0 Å². The second kappa shape index (κ2) is 5.67. The lowest BCUT2D eigenvalue weighted by atomic mass is 9.91. The number of hydrogen-bond donors (Lipinski definition) is 1. The molecule has 2 aromatic rings. The van der Waals surface area contributed by atoms with Crippen LogP contribution in [0.3, 0.4) is 0 Å². The first-order chi connectivity index (χ1) is 9.70. The average molecular weight is 317 g/mol. The maximum Gasteiger partial charge on any atom is 0.416 e. The van der Waals surface area contributed by atoms with E-state index in [-0.39, 0.29) is 11.1 Å². The standard InChI is InChI=1S/C15H15F4NS/c1-14(2,13-4-3-7-21-13)9-20-12-6-5-10(8-11(12)16)15(17,18)19/h3-8,20H,9H2,1-2H3. The van der Waals surface area contributed by atoms with E-state index < -0.39 is 17.6 Å². The minimum Gasteiger partial charge on any atom is -0.382 e. The first kappa shape index (κ1) is 15.8. The molecular weight excluding hydrogens is 302 g/mol. The van der Waals surface area contributed by atoms with Crippen LogP contribution in [0.2, 0.25) is 0 Å². The van der Waals surface area contributed by atoms with Crippen molar-refractivity contribution in [2.24, 2.45) is 0 Å². The van der Waals surface area contributed by atoms with Crippen molar-refractivity contribution in [1.82, 2.24) is 0 Å². The first-order valence-electron chi connectivity index (χ1n) is 6.35. The molecule has 6 heteroatoms. The van der Waals surface area contributed by atoms with Crippen LogP contribution in [-0.4, -0.2) is 6.54 Å². The molecule has 0 atom stereocenters. The summed E-state index contributed by atoms with van der Waals surface area (Å²) < 4.78 is 51.2. The van der Waals surface area contributed by atoms with Crippen LogP contribution in [-0.2, 0) is 11.6 Å². The minimum absolute atomic E-state index is 0.0765. The van der Waals surface area contributed by atoms with Crippen molar-refractivity contribution in [3.05, 3.63) is 52.0 Å². The highest BCUT2D eigenvalue weighted by Crippen LogP contribution is 2.32. The Bertz CT molecular complexity index is 603. The summed E-state index contributed by atoms with van der Waals surface area (Å²) in [7, 11) is 0. The van der Waals surface area contributed by atoms with Gasteiger partial charge >= 0.3 is 6.18 Å². The Morgan fingerprint density at radius 1 is 1.14 bits per heavy atom. The number of rotatable bonds is 4. The summed E-state index contributed by atoms with van der Waals surface area (Å²) in [5, 5.41) is 4.84. The smallest absolute Gasteiger partial charge is 0.382 e. The molecule has 0 fully saturated rings. The summed E-state index contributed by atoms with van der Waals surface area (Å²) in [4.78, 5) is 1.13. The lowest BCUT2D eigenvalue weighted by Gasteiger charge is -2.24. The number of hydrogen-bond acceptors (Lipinski definition) is 2. The third kappa shape index (κ3) is 3.75. The lowest BCUT2D eigenvalue weighted by Crippen LogP contribution is -2.26. The maximum absolute atomic E-state index is 13.7. The number of benzene rings is 1.